The van der Waals surface area contributed by atoms with Crippen LogP contribution in [0.15, 0.2) is 24.3 Å². The smallest absolute Gasteiger partial charge is 0.330 e. The molecule has 1 amide bonds. The fourth-order valence-corrected chi connectivity index (χ4v) is 5.22. The molecule has 3 rings (SSSR count). The Morgan fingerprint density at radius 2 is 1.97 bits per heavy atom. The van der Waals surface area contributed by atoms with Gasteiger partial charge in [0, 0.05) is 30.3 Å². The summed E-state index contributed by atoms with van der Waals surface area (Å²) in [4.78, 5) is 48.3. The van der Waals surface area contributed by atoms with Crippen molar-refractivity contribution < 1.29 is 28.8 Å². The molecule has 2 aliphatic heterocycles. The zero-order valence-corrected chi connectivity index (χ0v) is 17.6. The van der Waals surface area contributed by atoms with Gasteiger partial charge >= 0.3 is 11.9 Å². The number of fused-ring (bicyclic) bond motifs is 1. The number of nitrogens with zero attached hydrogens (tertiary/aromatic N) is 2. The van der Waals surface area contributed by atoms with Crippen molar-refractivity contribution >= 4 is 35.3 Å². The summed E-state index contributed by atoms with van der Waals surface area (Å²) in [6.45, 7) is 3.51. The Morgan fingerprint density at radius 1 is 1.27 bits per heavy atom. The number of nitro benzene ring substituents is 1. The summed E-state index contributed by atoms with van der Waals surface area (Å²) < 4.78 is 10.4. The fraction of sp³-hybridized carbons (Fsp3) is 0.550. The van der Waals surface area contributed by atoms with E-state index in [4.69, 9.17) is 9.47 Å². The first-order valence-corrected chi connectivity index (χ1v) is 10.9. The highest BCUT2D eigenvalue weighted by Crippen LogP contribution is 2.45. The lowest BCUT2D eigenvalue weighted by Gasteiger charge is -2.44. The number of benzene rings is 1. The standard InChI is InChI=1S/C20H24N2O7S/c1-3-30-17-10-16-15(8-9-28-12(2)23)19(24)21(16)18(17)20(25)29-11-13-4-6-14(7-5-13)22(26)27/h4-7,15-18H,3,8-11H2,1-2H3/t15-,16?,17+,18+/m0/s1. The Kier molecular flexibility index (Phi) is 6.96. The number of carbonyl (C=O) groups is 3. The molecule has 2 fully saturated rings. The normalized spacial score (nSPS) is 24.7. The summed E-state index contributed by atoms with van der Waals surface area (Å²) >= 11 is 1.63. The molecule has 0 N–H and O–H groups in total. The number of hydrogen-bond donors (Lipinski definition) is 0. The third-order valence-corrected chi connectivity index (χ3v) is 6.62. The largest absolute Gasteiger partial charge is 0.466 e. The first-order chi connectivity index (χ1) is 14.3. The fourth-order valence-electron chi connectivity index (χ4n) is 4.04. The van der Waals surface area contributed by atoms with Gasteiger partial charge < -0.3 is 14.4 Å². The van der Waals surface area contributed by atoms with Gasteiger partial charge in [0.15, 0.2) is 0 Å². The highest BCUT2D eigenvalue weighted by Gasteiger charge is 2.59. The van der Waals surface area contributed by atoms with E-state index < -0.39 is 16.9 Å². The van der Waals surface area contributed by atoms with Crippen LogP contribution in [0.25, 0.3) is 0 Å². The number of carbonyl (C=O) groups excluding carboxylic acids is 3. The maximum atomic E-state index is 12.8. The number of nitro groups is 1. The topological polar surface area (TPSA) is 116 Å². The number of non-ortho nitro benzene ring substituents is 1. The van der Waals surface area contributed by atoms with Gasteiger partial charge in [0.05, 0.1) is 17.4 Å². The Balaban J connectivity index is 1.61. The zero-order chi connectivity index (χ0) is 21.8. The van der Waals surface area contributed by atoms with Crippen molar-refractivity contribution in [1.29, 1.82) is 0 Å². The summed E-state index contributed by atoms with van der Waals surface area (Å²) in [6.07, 6.45) is 1.15. The van der Waals surface area contributed by atoms with Crippen LogP contribution in [0.4, 0.5) is 5.69 Å². The van der Waals surface area contributed by atoms with Crippen LogP contribution >= 0.6 is 11.8 Å². The van der Waals surface area contributed by atoms with Gasteiger partial charge in [-0.3, -0.25) is 19.7 Å². The van der Waals surface area contributed by atoms with E-state index in [0.717, 1.165) is 5.75 Å². The Hall–Kier alpha value is -2.62. The molecule has 2 saturated heterocycles. The molecule has 2 heterocycles. The highest BCUT2D eigenvalue weighted by atomic mass is 32.2. The van der Waals surface area contributed by atoms with Crippen LogP contribution in [-0.2, 0) is 30.5 Å². The van der Waals surface area contributed by atoms with E-state index in [-0.39, 0.29) is 48.0 Å². The monoisotopic (exact) mass is 436 g/mol. The zero-order valence-electron chi connectivity index (χ0n) is 16.8. The van der Waals surface area contributed by atoms with E-state index in [9.17, 15) is 24.5 Å². The van der Waals surface area contributed by atoms with Gasteiger partial charge in [-0.2, -0.15) is 11.8 Å². The van der Waals surface area contributed by atoms with Gasteiger partial charge in [-0.25, -0.2) is 4.79 Å². The predicted molar refractivity (Wildman–Crippen MR) is 109 cm³/mol. The lowest BCUT2D eigenvalue weighted by atomic mass is 9.85. The average molecular weight is 436 g/mol. The molecule has 9 nitrogen and oxygen atoms in total. The van der Waals surface area contributed by atoms with Gasteiger partial charge in [0.1, 0.15) is 12.6 Å². The highest BCUT2D eigenvalue weighted by molar-refractivity contribution is 7.99. The number of ether oxygens (including phenoxy) is 2. The Labute approximate surface area is 178 Å². The molecule has 1 aromatic carbocycles. The molecule has 0 bridgehead atoms. The minimum Gasteiger partial charge on any atom is -0.466 e. The summed E-state index contributed by atoms with van der Waals surface area (Å²) in [7, 11) is 0. The minimum atomic E-state index is -0.643. The maximum absolute atomic E-state index is 12.8. The molecule has 1 unspecified atom stereocenters. The van der Waals surface area contributed by atoms with Crippen LogP contribution in [0.5, 0.6) is 0 Å². The Bertz CT molecular complexity index is 829. The summed E-state index contributed by atoms with van der Waals surface area (Å²) in [5.74, 6) is -0.380. The van der Waals surface area contributed by atoms with Crippen molar-refractivity contribution in [3.63, 3.8) is 0 Å². The summed E-state index contributed by atoms with van der Waals surface area (Å²) in [6, 6.07) is 5.11. The van der Waals surface area contributed by atoms with Crippen molar-refractivity contribution in [3.05, 3.63) is 39.9 Å². The molecule has 0 radical (unpaired) electrons. The van der Waals surface area contributed by atoms with Crippen molar-refractivity contribution in [1.82, 2.24) is 4.90 Å². The molecule has 0 aliphatic carbocycles. The predicted octanol–water partition coefficient (Wildman–Crippen LogP) is 2.31. The number of amides is 1. The molecule has 2 aliphatic rings. The quantitative estimate of drug-likeness (QED) is 0.251. The van der Waals surface area contributed by atoms with E-state index in [1.807, 2.05) is 6.92 Å². The summed E-state index contributed by atoms with van der Waals surface area (Å²) in [5.41, 5.74) is 0.603. The first-order valence-electron chi connectivity index (χ1n) is 9.80. The first kappa shape index (κ1) is 22.1. The molecule has 4 atom stereocenters. The molecule has 1 aromatic rings. The van der Waals surface area contributed by atoms with Crippen LogP contribution in [0.1, 0.15) is 32.3 Å². The number of esters is 2. The van der Waals surface area contributed by atoms with Crippen LogP contribution < -0.4 is 0 Å². The van der Waals surface area contributed by atoms with Crippen molar-refractivity contribution in [2.45, 2.75) is 50.6 Å². The third kappa shape index (κ3) is 4.58. The number of β-lactam (4-membered cyclic amide) rings is 1. The second kappa shape index (κ2) is 9.46. The van der Waals surface area contributed by atoms with Crippen molar-refractivity contribution in [2.75, 3.05) is 12.4 Å². The van der Waals surface area contributed by atoms with E-state index in [1.54, 1.807) is 28.8 Å². The molecule has 0 spiro atoms. The van der Waals surface area contributed by atoms with Crippen LogP contribution in [0.2, 0.25) is 0 Å². The minimum absolute atomic E-state index is 0.0145. The molecule has 162 valence electrons. The number of rotatable bonds is 9. The SMILES string of the molecule is CCS[C@@H]1CC2[C@H](CCOC(C)=O)C(=O)N2[C@H]1C(=O)OCc1ccc([N+](=O)[O-])cc1. The van der Waals surface area contributed by atoms with Crippen LogP contribution in [-0.4, -0.2) is 57.4 Å². The third-order valence-electron chi connectivity index (χ3n) is 5.40. The van der Waals surface area contributed by atoms with E-state index >= 15 is 0 Å². The number of hydrogen-bond acceptors (Lipinski definition) is 8. The molecule has 0 aromatic heterocycles. The van der Waals surface area contributed by atoms with Gasteiger partial charge in [0.25, 0.3) is 5.69 Å². The maximum Gasteiger partial charge on any atom is 0.330 e. The van der Waals surface area contributed by atoms with Gasteiger partial charge in [0.2, 0.25) is 5.91 Å². The van der Waals surface area contributed by atoms with E-state index in [1.165, 1.54) is 19.1 Å². The van der Waals surface area contributed by atoms with E-state index in [0.29, 0.717) is 18.4 Å². The van der Waals surface area contributed by atoms with Gasteiger partial charge in [-0.05, 0) is 36.3 Å². The number of thioether (sulfide) groups is 1. The van der Waals surface area contributed by atoms with Crippen LogP contribution in [0.3, 0.4) is 0 Å². The molecule has 0 saturated carbocycles. The second-order valence-corrected chi connectivity index (χ2v) is 8.77. The molecule has 10 heteroatoms. The lowest BCUT2D eigenvalue weighted by molar-refractivity contribution is -0.384. The van der Waals surface area contributed by atoms with Crippen LogP contribution in [0, 0.1) is 16.0 Å². The second-order valence-electron chi connectivity index (χ2n) is 7.25. The average Bonchev–Trinajstić information content (AvgIpc) is 3.04. The molecule has 30 heavy (non-hydrogen) atoms. The van der Waals surface area contributed by atoms with Gasteiger partial charge in [-0.1, -0.05) is 6.92 Å². The molecular weight excluding hydrogens is 412 g/mol. The Morgan fingerprint density at radius 3 is 2.57 bits per heavy atom. The lowest BCUT2D eigenvalue weighted by Crippen LogP contribution is -2.62. The molecular formula is C20H24N2O7S. The van der Waals surface area contributed by atoms with E-state index in [2.05, 4.69) is 0 Å². The van der Waals surface area contributed by atoms with Crippen molar-refractivity contribution in [2.24, 2.45) is 5.92 Å². The summed E-state index contributed by atoms with van der Waals surface area (Å²) in [5, 5.41) is 10.7. The van der Waals surface area contributed by atoms with Gasteiger partial charge in [-0.15, -0.1) is 0 Å². The van der Waals surface area contributed by atoms with Crippen molar-refractivity contribution in [3.8, 4) is 0 Å².